The maximum absolute atomic E-state index is 13.1. The zero-order valence-corrected chi connectivity index (χ0v) is 9.23. The van der Waals surface area contributed by atoms with Gasteiger partial charge in [-0.15, -0.1) is 6.58 Å². The summed E-state index contributed by atoms with van der Waals surface area (Å²) in [5.41, 5.74) is 0.911. The van der Waals surface area contributed by atoms with Gasteiger partial charge in [-0.1, -0.05) is 18.2 Å². The number of benzene rings is 1. The summed E-state index contributed by atoms with van der Waals surface area (Å²) in [5.74, 6) is -0.207. The van der Waals surface area contributed by atoms with Crippen LogP contribution >= 0.6 is 0 Å². The lowest BCUT2D eigenvalue weighted by Crippen LogP contribution is -2.38. The highest BCUT2D eigenvalue weighted by Gasteiger charge is 2.21. The molecule has 0 aliphatic carbocycles. The van der Waals surface area contributed by atoms with Crippen molar-refractivity contribution in [2.75, 3.05) is 26.2 Å². The summed E-state index contributed by atoms with van der Waals surface area (Å²) < 4.78 is 18.7. The molecule has 0 amide bonds. The van der Waals surface area contributed by atoms with E-state index in [0.29, 0.717) is 6.61 Å². The van der Waals surface area contributed by atoms with Crippen LogP contribution in [0.5, 0.6) is 0 Å². The Morgan fingerprint density at radius 3 is 3.19 bits per heavy atom. The van der Waals surface area contributed by atoms with E-state index in [1.165, 1.54) is 6.07 Å². The lowest BCUT2D eigenvalue weighted by Gasteiger charge is -2.32. The summed E-state index contributed by atoms with van der Waals surface area (Å²) in [6.45, 7) is 6.99. The first kappa shape index (κ1) is 11.3. The maximum Gasteiger partial charge on any atom is 0.123 e. The average molecular weight is 221 g/mol. The van der Waals surface area contributed by atoms with Gasteiger partial charge in [0.05, 0.1) is 12.7 Å². The number of morpholine rings is 1. The molecule has 1 aliphatic rings. The van der Waals surface area contributed by atoms with Gasteiger partial charge < -0.3 is 4.74 Å². The highest BCUT2D eigenvalue weighted by Crippen LogP contribution is 2.22. The highest BCUT2D eigenvalue weighted by molar-refractivity contribution is 5.19. The van der Waals surface area contributed by atoms with Crippen LogP contribution in [0.1, 0.15) is 11.7 Å². The van der Waals surface area contributed by atoms with Crippen LogP contribution in [-0.4, -0.2) is 31.1 Å². The van der Waals surface area contributed by atoms with Gasteiger partial charge in [0.1, 0.15) is 5.82 Å². The Morgan fingerprint density at radius 2 is 2.44 bits per heavy atom. The van der Waals surface area contributed by atoms with Gasteiger partial charge in [0.2, 0.25) is 0 Å². The van der Waals surface area contributed by atoms with Crippen LogP contribution in [0.4, 0.5) is 4.39 Å². The van der Waals surface area contributed by atoms with E-state index < -0.39 is 0 Å². The summed E-state index contributed by atoms with van der Waals surface area (Å²) in [6.07, 6.45) is 1.86. The minimum Gasteiger partial charge on any atom is -0.371 e. The summed E-state index contributed by atoms with van der Waals surface area (Å²) in [5, 5.41) is 0. The van der Waals surface area contributed by atoms with Crippen molar-refractivity contribution in [3.63, 3.8) is 0 Å². The second-order valence-corrected chi connectivity index (χ2v) is 3.96. The smallest absolute Gasteiger partial charge is 0.123 e. The van der Waals surface area contributed by atoms with Crippen LogP contribution in [0.2, 0.25) is 0 Å². The van der Waals surface area contributed by atoms with Gasteiger partial charge in [0, 0.05) is 19.6 Å². The molecule has 1 aliphatic heterocycles. The standard InChI is InChI=1S/C13H16FNO/c1-2-6-15-7-8-16-13(10-15)11-4-3-5-12(14)9-11/h2-5,9,13H,1,6-8,10H2. The number of nitrogens with zero attached hydrogens (tertiary/aromatic N) is 1. The van der Waals surface area contributed by atoms with Crippen molar-refractivity contribution in [3.05, 3.63) is 48.3 Å². The maximum atomic E-state index is 13.1. The molecule has 1 saturated heterocycles. The van der Waals surface area contributed by atoms with Crippen molar-refractivity contribution >= 4 is 0 Å². The van der Waals surface area contributed by atoms with Crippen molar-refractivity contribution in [2.45, 2.75) is 6.10 Å². The molecule has 1 aromatic rings. The van der Waals surface area contributed by atoms with E-state index in [-0.39, 0.29) is 11.9 Å². The van der Waals surface area contributed by atoms with Crippen LogP contribution in [0, 0.1) is 5.82 Å². The minimum atomic E-state index is -0.207. The van der Waals surface area contributed by atoms with Crippen LogP contribution in [-0.2, 0) is 4.74 Å². The molecule has 1 unspecified atom stereocenters. The molecule has 3 heteroatoms. The molecule has 0 bridgehead atoms. The monoisotopic (exact) mass is 221 g/mol. The summed E-state index contributed by atoms with van der Waals surface area (Å²) in [7, 11) is 0. The molecule has 0 aromatic heterocycles. The predicted octanol–water partition coefficient (Wildman–Crippen LogP) is 2.39. The highest BCUT2D eigenvalue weighted by atomic mass is 19.1. The SMILES string of the molecule is C=CCN1CCOC(c2cccc(F)c2)C1. The minimum absolute atomic E-state index is 0.0237. The Bertz CT molecular complexity index is 367. The first-order valence-corrected chi connectivity index (χ1v) is 5.50. The van der Waals surface area contributed by atoms with Crippen molar-refractivity contribution in [1.29, 1.82) is 0 Å². The van der Waals surface area contributed by atoms with E-state index >= 15 is 0 Å². The predicted molar refractivity (Wildman–Crippen MR) is 61.7 cm³/mol. The van der Waals surface area contributed by atoms with Gasteiger partial charge in [0.25, 0.3) is 0 Å². The van der Waals surface area contributed by atoms with Crippen molar-refractivity contribution in [3.8, 4) is 0 Å². The fourth-order valence-electron chi connectivity index (χ4n) is 1.96. The van der Waals surface area contributed by atoms with Crippen LogP contribution in [0.25, 0.3) is 0 Å². The van der Waals surface area contributed by atoms with Gasteiger partial charge in [-0.3, -0.25) is 4.90 Å². The number of hydrogen-bond donors (Lipinski definition) is 0. The molecule has 1 atom stereocenters. The zero-order valence-electron chi connectivity index (χ0n) is 9.23. The first-order chi connectivity index (χ1) is 7.79. The van der Waals surface area contributed by atoms with Crippen LogP contribution in [0.3, 0.4) is 0 Å². The first-order valence-electron chi connectivity index (χ1n) is 5.50. The summed E-state index contributed by atoms with van der Waals surface area (Å²) >= 11 is 0. The molecule has 0 saturated carbocycles. The number of hydrogen-bond acceptors (Lipinski definition) is 2. The molecule has 2 rings (SSSR count). The molecular weight excluding hydrogens is 205 g/mol. The lowest BCUT2D eigenvalue weighted by atomic mass is 10.1. The largest absolute Gasteiger partial charge is 0.371 e. The Labute approximate surface area is 95.3 Å². The molecular formula is C13H16FNO. The third-order valence-corrected chi connectivity index (χ3v) is 2.76. The Morgan fingerprint density at radius 1 is 1.56 bits per heavy atom. The van der Waals surface area contributed by atoms with Gasteiger partial charge in [-0.05, 0) is 17.7 Å². The number of rotatable bonds is 3. The number of ether oxygens (including phenoxy) is 1. The molecule has 86 valence electrons. The second kappa shape index (κ2) is 5.23. The molecule has 0 radical (unpaired) electrons. The van der Waals surface area contributed by atoms with E-state index in [2.05, 4.69) is 11.5 Å². The van der Waals surface area contributed by atoms with Crippen molar-refractivity contribution in [1.82, 2.24) is 4.90 Å². The Kier molecular flexibility index (Phi) is 3.70. The van der Waals surface area contributed by atoms with E-state index in [9.17, 15) is 4.39 Å². The normalized spacial score (nSPS) is 21.9. The summed E-state index contributed by atoms with van der Waals surface area (Å²) in [4.78, 5) is 2.26. The fourth-order valence-corrected chi connectivity index (χ4v) is 1.96. The molecule has 1 fully saturated rings. The topological polar surface area (TPSA) is 12.5 Å². The van der Waals surface area contributed by atoms with Crippen molar-refractivity contribution in [2.24, 2.45) is 0 Å². The second-order valence-electron chi connectivity index (χ2n) is 3.96. The van der Waals surface area contributed by atoms with E-state index in [4.69, 9.17) is 4.74 Å². The van der Waals surface area contributed by atoms with E-state index in [1.54, 1.807) is 12.1 Å². The van der Waals surface area contributed by atoms with Crippen LogP contribution < -0.4 is 0 Å². The van der Waals surface area contributed by atoms with Crippen molar-refractivity contribution < 1.29 is 9.13 Å². The average Bonchev–Trinajstić information content (AvgIpc) is 2.30. The Balaban J connectivity index is 2.06. The molecule has 0 spiro atoms. The van der Waals surface area contributed by atoms with Crippen LogP contribution in [0.15, 0.2) is 36.9 Å². The van der Waals surface area contributed by atoms with Gasteiger partial charge in [-0.25, -0.2) is 4.39 Å². The number of halogens is 1. The molecule has 0 N–H and O–H groups in total. The molecule has 16 heavy (non-hydrogen) atoms. The fraction of sp³-hybridized carbons (Fsp3) is 0.385. The van der Waals surface area contributed by atoms with Gasteiger partial charge >= 0.3 is 0 Å². The lowest BCUT2D eigenvalue weighted by molar-refractivity contribution is -0.0261. The molecule has 1 aromatic carbocycles. The molecule has 2 nitrogen and oxygen atoms in total. The van der Waals surface area contributed by atoms with Gasteiger partial charge in [0.15, 0.2) is 0 Å². The zero-order chi connectivity index (χ0) is 11.4. The quantitative estimate of drug-likeness (QED) is 0.727. The Hall–Kier alpha value is -1.19. The summed E-state index contributed by atoms with van der Waals surface area (Å²) in [6, 6.07) is 6.63. The van der Waals surface area contributed by atoms with Gasteiger partial charge in [-0.2, -0.15) is 0 Å². The third kappa shape index (κ3) is 2.68. The van der Waals surface area contributed by atoms with E-state index in [1.807, 2.05) is 12.1 Å². The molecule has 1 heterocycles. The van der Waals surface area contributed by atoms with E-state index in [0.717, 1.165) is 25.2 Å². The third-order valence-electron chi connectivity index (χ3n) is 2.76.